The van der Waals surface area contributed by atoms with Crippen molar-refractivity contribution in [2.75, 3.05) is 11.4 Å². The van der Waals surface area contributed by atoms with Gasteiger partial charge >= 0.3 is 0 Å². The molecule has 1 atom stereocenters. The third-order valence-corrected chi connectivity index (χ3v) is 4.37. The molecule has 0 spiro atoms. The van der Waals surface area contributed by atoms with Crippen molar-refractivity contribution in [2.45, 2.75) is 12.5 Å². The molecule has 116 valence electrons. The summed E-state index contributed by atoms with van der Waals surface area (Å²) in [6.45, 7) is 0.975. The Balaban J connectivity index is 1.77. The van der Waals surface area contributed by atoms with Crippen LogP contribution in [0.4, 0.5) is 5.69 Å². The number of pyridine rings is 1. The Morgan fingerprint density at radius 1 is 0.875 bits per heavy atom. The second-order valence-electron chi connectivity index (χ2n) is 5.86. The van der Waals surface area contributed by atoms with Crippen LogP contribution in [0, 0.1) is 11.8 Å². The van der Waals surface area contributed by atoms with Crippen LogP contribution < -0.4 is 4.90 Å². The molecule has 0 saturated heterocycles. The van der Waals surface area contributed by atoms with Crippen LogP contribution in [0.1, 0.15) is 22.9 Å². The molecule has 0 amide bonds. The predicted molar refractivity (Wildman–Crippen MR) is 97.8 cm³/mol. The highest BCUT2D eigenvalue weighted by Crippen LogP contribution is 2.33. The van der Waals surface area contributed by atoms with Crippen LogP contribution >= 0.6 is 0 Å². The average molecular weight is 310 g/mol. The van der Waals surface area contributed by atoms with Crippen molar-refractivity contribution < 1.29 is 0 Å². The quantitative estimate of drug-likeness (QED) is 0.625. The number of hydrogen-bond donors (Lipinski definition) is 0. The zero-order valence-electron chi connectivity index (χ0n) is 13.4. The van der Waals surface area contributed by atoms with Gasteiger partial charge < -0.3 is 4.90 Å². The van der Waals surface area contributed by atoms with Crippen molar-refractivity contribution in [3.05, 3.63) is 95.8 Å². The second-order valence-corrected chi connectivity index (χ2v) is 5.86. The van der Waals surface area contributed by atoms with Gasteiger partial charge in [-0.3, -0.25) is 0 Å². The van der Waals surface area contributed by atoms with E-state index >= 15 is 0 Å². The van der Waals surface area contributed by atoms with Gasteiger partial charge in [-0.1, -0.05) is 54.5 Å². The van der Waals surface area contributed by atoms with Gasteiger partial charge in [-0.05, 0) is 47.7 Å². The van der Waals surface area contributed by atoms with Crippen molar-refractivity contribution >= 4 is 5.69 Å². The number of benzene rings is 2. The minimum Gasteiger partial charge on any atom is -0.353 e. The first-order valence-electron chi connectivity index (χ1n) is 8.24. The van der Waals surface area contributed by atoms with Crippen LogP contribution in [0.15, 0.2) is 79.0 Å². The lowest BCUT2D eigenvalue weighted by Gasteiger charge is -2.36. The summed E-state index contributed by atoms with van der Waals surface area (Å²) in [5, 5.41) is 0. The zero-order chi connectivity index (χ0) is 16.2. The molecule has 3 aromatic rings. The highest BCUT2D eigenvalue weighted by atomic mass is 15.2. The molecule has 0 N–H and O–H groups in total. The molecule has 2 aromatic carbocycles. The maximum absolute atomic E-state index is 4.32. The molecular formula is C22H18N2. The van der Waals surface area contributed by atoms with E-state index in [1.807, 2.05) is 18.2 Å². The Labute approximate surface area is 142 Å². The Bertz CT molecular complexity index is 876. The number of hydrogen-bond acceptors (Lipinski definition) is 2. The maximum Gasteiger partial charge on any atom is 0.117 e. The summed E-state index contributed by atoms with van der Waals surface area (Å²) < 4.78 is 0. The molecule has 1 aliphatic heterocycles. The minimum atomic E-state index is 0.0550. The van der Waals surface area contributed by atoms with Gasteiger partial charge in [-0.25, -0.2) is 4.98 Å². The van der Waals surface area contributed by atoms with Gasteiger partial charge in [0.1, 0.15) is 11.7 Å². The fraction of sp³-hybridized carbons (Fsp3) is 0.136. The molecule has 2 heterocycles. The lowest BCUT2D eigenvalue weighted by Crippen LogP contribution is -2.34. The average Bonchev–Trinajstić information content (AvgIpc) is 2.67. The first kappa shape index (κ1) is 14.5. The van der Waals surface area contributed by atoms with E-state index in [1.54, 1.807) is 6.20 Å². The second kappa shape index (κ2) is 6.60. The van der Waals surface area contributed by atoms with Crippen molar-refractivity contribution in [3.8, 4) is 11.8 Å². The van der Waals surface area contributed by atoms with E-state index in [-0.39, 0.29) is 6.04 Å². The Morgan fingerprint density at radius 2 is 1.67 bits per heavy atom. The monoisotopic (exact) mass is 310 g/mol. The van der Waals surface area contributed by atoms with E-state index < -0.39 is 0 Å². The van der Waals surface area contributed by atoms with Gasteiger partial charge in [0.05, 0.1) is 0 Å². The SMILES string of the molecule is C(#CC1c2ccccc2CCN1c1ccccc1)c1ccccn1. The number of fused-ring (bicyclic) bond motifs is 1. The summed E-state index contributed by atoms with van der Waals surface area (Å²) in [5.41, 5.74) is 4.72. The Morgan fingerprint density at radius 3 is 2.50 bits per heavy atom. The van der Waals surface area contributed by atoms with Gasteiger partial charge in [0.15, 0.2) is 0 Å². The molecule has 0 radical (unpaired) electrons. The van der Waals surface area contributed by atoms with E-state index in [2.05, 4.69) is 76.3 Å². The van der Waals surface area contributed by atoms with E-state index in [9.17, 15) is 0 Å². The molecule has 1 aromatic heterocycles. The first-order chi connectivity index (χ1) is 11.9. The fourth-order valence-corrected chi connectivity index (χ4v) is 3.20. The summed E-state index contributed by atoms with van der Waals surface area (Å²) in [4.78, 5) is 6.71. The van der Waals surface area contributed by atoms with Crippen LogP contribution in [-0.2, 0) is 6.42 Å². The van der Waals surface area contributed by atoms with Gasteiger partial charge in [0.25, 0.3) is 0 Å². The minimum absolute atomic E-state index is 0.0550. The van der Waals surface area contributed by atoms with Crippen LogP contribution in [-0.4, -0.2) is 11.5 Å². The first-order valence-corrected chi connectivity index (χ1v) is 8.24. The molecule has 2 nitrogen and oxygen atoms in total. The predicted octanol–water partition coefficient (Wildman–Crippen LogP) is 4.24. The standard InChI is InChI=1S/C22H18N2/c1-2-10-20(11-3-1)24-17-15-18-8-4-5-12-21(18)22(24)14-13-19-9-6-7-16-23-19/h1-12,16,22H,15,17H2. The van der Waals surface area contributed by atoms with E-state index in [4.69, 9.17) is 0 Å². The molecule has 0 saturated carbocycles. The molecule has 4 rings (SSSR count). The van der Waals surface area contributed by atoms with E-state index in [0.717, 1.165) is 18.7 Å². The molecule has 1 unspecified atom stereocenters. The molecule has 1 aliphatic rings. The van der Waals surface area contributed by atoms with Crippen LogP contribution in [0.2, 0.25) is 0 Å². The third-order valence-electron chi connectivity index (χ3n) is 4.37. The summed E-state index contributed by atoms with van der Waals surface area (Å²) in [5.74, 6) is 6.71. The van der Waals surface area contributed by atoms with Crippen molar-refractivity contribution in [3.63, 3.8) is 0 Å². The number of aromatic nitrogens is 1. The normalized spacial score (nSPS) is 16.0. The summed E-state index contributed by atoms with van der Waals surface area (Å²) in [6, 6.07) is 25.0. The van der Waals surface area contributed by atoms with Crippen molar-refractivity contribution in [1.82, 2.24) is 4.98 Å². The van der Waals surface area contributed by atoms with Gasteiger partial charge in [-0.15, -0.1) is 0 Å². The molecule has 0 bridgehead atoms. The molecule has 0 fully saturated rings. The number of para-hydroxylation sites is 1. The molecule has 2 heteroatoms. The maximum atomic E-state index is 4.32. The van der Waals surface area contributed by atoms with Crippen LogP contribution in [0.25, 0.3) is 0 Å². The van der Waals surface area contributed by atoms with Crippen LogP contribution in [0.3, 0.4) is 0 Å². The Kier molecular flexibility index (Phi) is 4.00. The largest absolute Gasteiger partial charge is 0.353 e. The molecule has 24 heavy (non-hydrogen) atoms. The van der Waals surface area contributed by atoms with Gasteiger partial charge in [-0.2, -0.15) is 0 Å². The zero-order valence-corrected chi connectivity index (χ0v) is 13.4. The number of anilines is 1. The van der Waals surface area contributed by atoms with E-state index in [0.29, 0.717) is 0 Å². The number of rotatable bonds is 1. The van der Waals surface area contributed by atoms with E-state index in [1.165, 1.54) is 16.8 Å². The smallest absolute Gasteiger partial charge is 0.117 e. The topological polar surface area (TPSA) is 16.1 Å². The van der Waals surface area contributed by atoms with Crippen LogP contribution in [0.5, 0.6) is 0 Å². The lowest BCUT2D eigenvalue weighted by molar-refractivity contribution is 0.682. The van der Waals surface area contributed by atoms with Crippen molar-refractivity contribution in [2.24, 2.45) is 0 Å². The summed E-state index contributed by atoms with van der Waals surface area (Å²) >= 11 is 0. The summed E-state index contributed by atoms with van der Waals surface area (Å²) in [6.07, 6.45) is 2.83. The highest BCUT2D eigenvalue weighted by Gasteiger charge is 2.25. The lowest BCUT2D eigenvalue weighted by atomic mass is 9.92. The van der Waals surface area contributed by atoms with Gasteiger partial charge in [0.2, 0.25) is 0 Å². The summed E-state index contributed by atoms with van der Waals surface area (Å²) in [7, 11) is 0. The van der Waals surface area contributed by atoms with Gasteiger partial charge in [0, 0.05) is 18.4 Å². The fourth-order valence-electron chi connectivity index (χ4n) is 3.20. The molecular weight excluding hydrogens is 292 g/mol. The Hall–Kier alpha value is -3.05. The third kappa shape index (κ3) is 2.89. The highest BCUT2D eigenvalue weighted by molar-refractivity contribution is 5.55. The number of nitrogens with zero attached hydrogens (tertiary/aromatic N) is 2. The molecule has 0 aliphatic carbocycles. The van der Waals surface area contributed by atoms with Crippen molar-refractivity contribution in [1.29, 1.82) is 0 Å².